The predicted octanol–water partition coefficient (Wildman–Crippen LogP) is 2.45. The quantitative estimate of drug-likeness (QED) is 0.747. The largest absolute Gasteiger partial charge is 0.497 e. The van der Waals surface area contributed by atoms with Crippen LogP contribution in [-0.4, -0.2) is 31.4 Å². The number of nitrogens with zero attached hydrogens (tertiary/aromatic N) is 1. The molecule has 0 fully saturated rings. The Balaban J connectivity index is 2.48. The van der Waals surface area contributed by atoms with Gasteiger partial charge in [-0.3, -0.25) is 0 Å². The van der Waals surface area contributed by atoms with Crippen LogP contribution in [-0.2, 0) is 6.54 Å². The summed E-state index contributed by atoms with van der Waals surface area (Å²) in [5.41, 5.74) is 1.29. The summed E-state index contributed by atoms with van der Waals surface area (Å²) in [5, 5.41) is 0. The first kappa shape index (κ1) is 12.4. The zero-order valence-electron chi connectivity index (χ0n) is 9.44. The number of thiol groups is 1. The molecule has 0 aromatic heterocycles. The monoisotopic (exact) mass is 225 g/mol. The number of hydrogen-bond acceptors (Lipinski definition) is 3. The smallest absolute Gasteiger partial charge is 0.119 e. The van der Waals surface area contributed by atoms with Crippen LogP contribution in [0.25, 0.3) is 0 Å². The Morgan fingerprint density at radius 1 is 1.40 bits per heavy atom. The third kappa shape index (κ3) is 4.58. The van der Waals surface area contributed by atoms with Crippen molar-refractivity contribution in [2.45, 2.75) is 13.0 Å². The minimum Gasteiger partial charge on any atom is -0.497 e. The minimum atomic E-state index is 0.926. The van der Waals surface area contributed by atoms with Crippen molar-refractivity contribution in [1.82, 2.24) is 4.90 Å². The van der Waals surface area contributed by atoms with Crippen molar-refractivity contribution >= 4 is 12.6 Å². The molecule has 0 aliphatic rings. The lowest BCUT2D eigenvalue weighted by Gasteiger charge is -2.16. The molecular weight excluding hydrogens is 206 g/mol. The predicted molar refractivity (Wildman–Crippen MR) is 67.8 cm³/mol. The first-order chi connectivity index (χ1) is 7.26. The van der Waals surface area contributed by atoms with E-state index >= 15 is 0 Å². The van der Waals surface area contributed by atoms with Crippen LogP contribution in [0.1, 0.15) is 12.0 Å². The maximum atomic E-state index is 5.19. The summed E-state index contributed by atoms with van der Waals surface area (Å²) >= 11 is 4.21. The molecule has 0 radical (unpaired) electrons. The number of rotatable bonds is 6. The highest BCUT2D eigenvalue weighted by molar-refractivity contribution is 7.80. The van der Waals surface area contributed by atoms with Crippen LogP contribution < -0.4 is 4.74 Å². The zero-order chi connectivity index (χ0) is 11.1. The SMILES string of the molecule is COc1cccc(CN(C)CCCS)c1. The second-order valence-corrected chi connectivity index (χ2v) is 4.11. The summed E-state index contributed by atoms with van der Waals surface area (Å²) in [7, 11) is 3.83. The second-order valence-electron chi connectivity index (χ2n) is 3.67. The Morgan fingerprint density at radius 3 is 2.87 bits per heavy atom. The number of methoxy groups -OCH3 is 1. The van der Waals surface area contributed by atoms with Crippen molar-refractivity contribution < 1.29 is 4.74 Å². The molecular formula is C12H19NOS. The molecule has 0 saturated carbocycles. The average molecular weight is 225 g/mol. The Morgan fingerprint density at radius 2 is 2.20 bits per heavy atom. The summed E-state index contributed by atoms with van der Waals surface area (Å²) in [6, 6.07) is 8.20. The lowest BCUT2D eigenvalue weighted by Crippen LogP contribution is -2.19. The zero-order valence-corrected chi connectivity index (χ0v) is 10.3. The molecule has 1 aromatic carbocycles. The molecule has 0 N–H and O–H groups in total. The Hall–Kier alpha value is -0.670. The van der Waals surface area contributed by atoms with E-state index in [4.69, 9.17) is 4.74 Å². The average Bonchev–Trinajstić information content (AvgIpc) is 2.26. The molecule has 1 aromatic rings. The van der Waals surface area contributed by atoms with E-state index in [0.29, 0.717) is 0 Å². The second kappa shape index (κ2) is 6.75. The van der Waals surface area contributed by atoms with Crippen LogP contribution in [0, 0.1) is 0 Å². The topological polar surface area (TPSA) is 12.5 Å². The van der Waals surface area contributed by atoms with Crippen molar-refractivity contribution in [2.75, 3.05) is 26.5 Å². The summed E-state index contributed by atoms with van der Waals surface area (Å²) in [5.74, 6) is 1.87. The summed E-state index contributed by atoms with van der Waals surface area (Å²) in [6.45, 7) is 2.05. The van der Waals surface area contributed by atoms with Gasteiger partial charge in [-0.1, -0.05) is 12.1 Å². The van der Waals surface area contributed by atoms with Crippen LogP contribution in [0.5, 0.6) is 5.75 Å². The van der Waals surface area contributed by atoms with Crippen LogP contribution in [0.4, 0.5) is 0 Å². The molecule has 0 heterocycles. The van der Waals surface area contributed by atoms with Gasteiger partial charge >= 0.3 is 0 Å². The van der Waals surface area contributed by atoms with E-state index in [1.54, 1.807) is 7.11 Å². The van der Waals surface area contributed by atoms with E-state index in [9.17, 15) is 0 Å². The van der Waals surface area contributed by atoms with E-state index in [-0.39, 0.29) is 0 Å². The van der Waals surface area contributed by atoms with E-state index in [0.717, 1.165) is 31.0 Å². The van der Waals surface area contributed by atoms with Crippen molar-refractivity contribution in [2.24, 2.45) is 0 Å². The maximum absolute atomic E-state index is 5.19. The maximum Gasteiger partial charge on any atom is 0.119 e. The first-order valence-electron chi connectivity index (χ1n) is 5.18. The molecule has 0 amide bonds. The standard InChI is InChI=1S/C12H19NOS/c1-13(7-4-8-15)10-11-5-3-6-12(9-11)14-2/h3,5-6,9,15H,4,7-8,10H2,1-2H3. The van der Waals surface area contributed by atoms with Gasteiger partial charge in [0.1, 0.15) is 5.75 Å². The fourth-order valence-corrected chi connectivity index (χ4v) is 1.64. The van der Waals surface area contributed by atoms with Gasteiger partial charge in [0.2, 0.25) is 0 Å². The van der Waals surface area contributed by atoms with Crippen LogP contribution in [0.15, 0.2) is 24.3 Å². The molecule has 1 rings (SSSR count). The fourth-order valence-electron chi connectivity index (χ4n) is 1.50. The molecule has 0 unspecified atom stereocenters. The van der Waals surface area contributed by atoms with Crippen molar-refractivity contribution in [3.63, 3.8) is 0 Å². The highest BCUT2D eigenvalue weighted by atomic mass is 32.1. The van der Waals surface area contributed by atoms with Crippen LogP contribution in [0.3, 0.4) is 0 Å². The van der Waals surface area contributed by atoms with Gasteiger partial charge in [-0.15, -0.1) is 0 Å². The molecule has 0 aliphatic carbocycles. The van der Waals surface area contributed by atoms with Gasteiger partial charge in [-0.05, 0) is 43.5 Å². The van der Waals surface area contributed by atoms with Crippen molar-refractivity contribution in [3.8, 4) is 5.75 Å². The lowest BCUT2D eigenvalue weighted by atomic mass is 10.2. The molecule has 0 saturated heterocycles. The molecule has 15 heavy (non-hydrogen) atoms. The summed E-state index contributed by atoms with van der Waals surface area (Å²) in [6.07, 6.45) is 1.13. The summed E-state index contributed by atoms with van der Waals surface area (Å²) in [4.78, 5) is 2.30. The van der Waals surface area contributed by atoms with E-state index in [2.05, 4.69) is 36.7 Å². The van der Waals surface area contributed by atoms with Gasteiger partial charge in [0, 0.05) is 6.54 Å². The summed E-state index contributed by atoms with van der Waals surface area (Å²) < 4.78 is 5.19. The first-order valence-corrected chi connectivity index (χ1v) is 5.82. The van der Waals surface area contributed by atoms with Gasteiger partial charge < -0.3 is 9.64 Å². The molecule has 0 spiro atoms. The van der Waals surface area contributed by atoms with E-state index in [1.165, 1.54) is 5.56 Å². The normalized spacial score (nSPS) is 10.7. The van der Waals surface area contributed by atoms with Gasteiger partial charge in [-0.25, -0.2) is 0 Å². The van der Waals surface area contributed by atoms with Gasteiger partial charge in [0.25, 0.3) is 0 Å². The third-order valence-electron chi connectivity index (χ3n) is 2.28. The van der Waals surface area contributed by atoms with Gasteiger partial charge in [0.15, 0.2) is 0 Å². The van der Waals surface area contributed by atoms with E-state index in [1.807, 2.05) is 12.1 Å². The Bertz CT molecular complexity index is 291. The highest BCUT2D eigenvalue weighted by Crippen LogP contribution is 2.13. The van der Waals surface area contributed by atoms with Gasteiger partial charge in [0.05, 0.1) is 7.11 Å². The highest BCUT2D eigenvalue weighted by Gasteiger charge is 2.00. The van der Waals surface area contributed by atoms with Crippen molar-refractivity contribution in [3.05, 3.63) is 29.8 Å². The fraction of sp³-hybridized carbons (Fsp3) is 0.500. The number of ether oxygens (including phenoxy) is 1. The Kier molecular flexibility index (Phi) is 5.58. The van der Waals surface area contributed by atoms with E-state index < -0.39 is 0 Å². The third-order valence-corrected chi connectivity index (χ3v) is 2.60. The molecule has 0 aliphatic heterocycles. The lowest BCUT2D eigenvalue weighted by molar-refractivity contribution is 0.327. The molecule has 3 heteroatoms. The number of benzene rings is 1. The number of hydrogen-bond donors (Lipinski definition) is 1. The van der Waals surface area contributed by atoms with Crippen LogP contribution >= 0.6 is 12.6 Å². The molecule has 0 bridgehead atoms. The minimum absolute atomic E-state index is 0.926. The molecule has 0 atom stereocenters. The molecule has 84 valence electrons. The Labute approximate surface area is 97.6 Å². The molecule has 2 nitrogen and oxygen atoms in total. The van der Waals surface area contributed by atoms with Crippen LogP contribution in [0.2, 0.25) is 0 Å². The van der Waals surface area contributed by atoms with Crippen molar-refractivity contribution in [1.29, 1.82) is 0 Å². The van der Waals surface area contributed by atoms with Gasteiger partial charge in [-0.2, -0.15) is 12.6 Å².